The van der Waals surface area contributed by atoms with Gasteiger partial charge in [0, 0.05) is 5.92 Å². The second-order valence-electron chi connectivity index (χ2n) is 5.72. The zero-order valence-corrected chi connectivity index (χ0v) is 13.2. The van der Waals surface area contributed by atoms with E-state index in [0.29, 0.717) is 6.61 Å². The third-order valence-corrected chi connectivity index (χ3v) is 3.58. The van der Waals surface area contributed by atoms with Crippen molar-refractivity contribution < 1.29 is 23.8 Å². The Morgan fingerprint density at radius 3 is 2.68 bits per heavy atom. The molecule has 120 valence electrons. The Kier molecular flexibility index (Phi) is 5.32. The highest BCUT2D eigenvalue weighted by Gasteiger charge is 2.41. The number of hydrogen-bond acceptors (Lipinski definition) is 5. The van der Waals surface area contributed by atoms with Crippen LogP contribution in [-0.4, -0.2) is 36.9 Å². The van der Waals surface area contributed by atoms with Crippen molar-refractivity contribution >= 4 is 11.8 Å². The molecule has 1 fully saturated rings. The van der Waals surface area contributed by atoms with Crippen LogP contribution in [0.1, 0.15) is 38.7 Å². The largest absolute Gasteiger partial charge is 0.466 e. The number of esters is 1. The van der Waals surface area contributed by atoms with Crippen molar-refractivity contribution in [3.05, 3.63) is 35.9 Å². The highest BCUT2D eigenvalue weighted by Crippen LogP contribution is 2.32. The summed E-state index contributed by atoms with van der Waals surface area (Å²) in [5.41, 5.74) is 0.881. The second-order valence-corrected chi connectivity index (χ2v) is 5.72. The van der Waals surface area contributed by atoms with Gasteiger partial charge in [-0.15, -0.1) is 0 Å². The summed E-state index contributed by atoms with van der Waals surface area (Å²) in [6.07, 6.45) is -0.611. The predicted octanol–water partition coefficient (Wildman–Crippen LogP) is 2.44. The average Bonchev–Trinajstić information content (AvgIpc) is 2.49. The lowest BCUT2D eigenvalue weighted by Crippen LogP contribution is -2.49. The first-order valence-corrected chi connectivity index (χ1v) is 7.48. The fourth-order valence-corrected chi connectivity index (χ4v) is 2.54. The first-order valence-electron chi connectivity index (χ1n) is 7.48. The minimum atomic E-state index is -0.847. The monoisotopic (exact) mass is 306 g/mol. The minimum Gasteiger partial charge on any atom is -0.466 e. The summed E-state index contributed by atoms with van der Waals surface area (Å²) in [6.45, 7) is 5.59. The highest BCUT2D eigenvalue weighted by atomic mass is 16.7. The van der Waals surface area contributed by atoms with Crippen molar-refractivity contribution in [1.29, 1.82) is 0 Å². The van der Waals surface area contributed by atoms with Gasteiger partial charge in [0.05, 0.1) is 13.0 Å². The van der Waals surface area contributed by atoms with Crippen LogP contribution in [0, 0.1) is 0 Å². The molecule has 0 aromatic heterocycles. The summed E-state index contributed by atoms with van der Waals surface area (Å²) in [4.78, 5) is 24.2. The Labute approximate surface area is 130 Å². The Morgan fingerprint density at radius 2 is 2.05 bits per heavy atom. The number of rotatable bonds is 5. The smallest absolute Gasteiger partial charge is 0.306 e. The van der Waals surface area contributed by atoms with E-state index in [4.69, 9.17) is 14.2 Å². The van der Waals surface area contributed by atoms with Gasteiger partial charge in [-0.05, 0) is 26.3 Å². The molecule has 0 spiro atoms. The maximum atomic E-state index is 12.2. The van der Waals surface area contributed by atoms with Crippen molar-refractivity contribution in [3.8, 4) is 0 Å². The van der Waals surface area contributed by atoms with Crippen LogP contribution in [0.2, 0.25) is 0 Å². The molecule has 0 bridgehead atoms. The molecule has 5 heteroatoms. The predicted molar refractivity (Wildman–Crippen MR) is 80.3 cm³/mol. The number of benzene rings is 1. The molecular weight excluding hydrogens is 284 g/mol. The Bertz CT molecular complexity index is 523. The quantitative estimate of drug-likeness (QED) is 0.782. The van der Waals surface area contributed by atoms with Crippen molar-refractivity contribution in [1.82, 2.24) is 0 Å². The van der Waals surface area contributed by atoms with Gasteiger partial charge in [-0.1, -0.05) is 30.3 Å². The summed E-state index contributed by atoms with van der Waals surface area (Å²) < 4.78 is 16.2. The molecule has 1 heterocycles. The van der Waals surface area contributed by atoms with Gasteiger partial charge in [-0.25, -0.2) is 0 Å². The molecule has 1 aromatic rings. The average molecular weight is 306 g/mol. The van der Waals surface area contributed by atoms with Gasteiger partial charge >= 0.3 is 5.97 Å². The molecule has 0 saturated carbocycles. The van der Waals surface area contributed by atoms with Gasteiger partial charge in [0.1, 0.15) is 12.7 Å². The summed E-state index contributed by atoms with van der Waals surface area (Å²) in [5, 5.41) is 0. The lowest BCUT2D eigenvalue weighted by molar-refractivity contribution is -0.261. The number of carbonyl (C=O) groups excluding carboxylic acids is 2. The first kappa shape index (κ1) is 16.6. The van der Waals surface area contributed by atoms with E-state index < -0.39 is 11.9 Å². The molecule has 1 aliphatic heterocycles. The van der Waals surface area contributed by atoms with Crippen LogP contribution in [0.25, 0.3) is 0 Å². The van der Waals surface area contributed by atoms with E-state index in [1.54, 1.807) is 20.8 Å². The molecule has 1 saturated heterocycles. The zero-order valence-electron chi connectivity index (χ0n) is 13.2. The molecule has 1 aromatic carbocycles. The van der Waals surface area contributed by atoms with E-state index in [9.17, 15) is 9.59 Å². The van der Waals surface area contributed by atoms with E-state index in [2.05, 4.69) is 0 Å². The number of ketones is 1. The fourth-order valence-electron chi connectivity index (χ4n) is 2.54. The van der Waals surface area contributed by atoms with Crippen LogP contribution in [0.4, 0.5) is 0 Å². The third-order valence-electron chi connectivity index (χ3n) is 3.58. The summed E-state index contributed by atoms with van der Waals surface area (Å²) in [5.74, 6) is -1.72. The topological polar surface area (TPSA) is 61.8 Å². The molecule has 22 heavy (non-hydrogen) atoms. The Hall–Kier alpha value is -1.72. The molecule has 5 nitrogen and oxygen atoms in total. The standard InChI is InChI=1S/C17H22O5/c1-4-20-15(19)10-13(12-8-6-5-7-9-12)16-14(18)11-21-17(2,3)22-16/h5-9,13,16H,4,10-11H2,1-3H3/t13-,16+/m1/s1. The van der Waals surface area contributed by atoms with E-state index in [1.165, 1.54) is 0 Å². The molecule has 0 unspecified atom stereocenters. The van der Waals surface area contributed by atoms with E-state index in [-0.39, 0.29) is 30.7 Å². The second kappa shape index (κ2) is 7.03. The van der Waals surface area contributed by atoms with Gasteiger partial charge in [0.25, 0.3) is 0 Å². The molecule has 0 radical (unpaired) electrons. The van der Waals surface area contributed by atoms with Crippen molar-refractivity contribution in [2.45, 2.75) is 45.0 Å². The molecule has 1 aliphatic rings. The zero-order chi connectivity index (χ0) is 16.2. The van der Waals surface area contributed by atoms with E-state index >= 15 is 0 Å². The Morgan fingerprint density at radius 1 is 1.36 bits per heavy atom. The van der Waals surface area contributed by atoms with E-state index in [0.717, 1.165) is 5.56 Å². The van der Waals surface area contributed by atoms with Gasteiger partial charge in [0.15, 0.2) is 11.6 Å². The first-order chi connectivity index (χ1) is 10.4. The van der Waals surface area contributed by atoms with Crippen LogP contribution in [0.15, 0.2) is 30.3 Å². The maximum Gasteiger partial charge on any atom is 0.306 e. The Balaban J connectivity index is 2.27. The van der Waals surface area contributed by atoms with Crippen molar-refractivity contribution in [2.75, 3.05) is 13.2 Å². The number of carbonyl (C=O) groups is 2. The van der Waals surface area contributed by atoms with Gasteiger partial charge < -0.3 is 14.2 Å². The van der Waals surface area contributed by atoms with Crippen molar-refractivity contribution in [3.63, 3.8) is 0 Å². The summed E-state index contributed by atoms with van der Waals surface area (Å²) in [7, 11) is 0. The molecule has 2 rings (SSSR count). The van der Waals surface area contributed by atoms with E-state index in [1.807, 2.05) is 30.3 Å². The number of Topliss-reactive ketones (excluding diaryl/α,β-unsaturated/α-hetero) is 1. The van der Waals surface area contributed by atoms with Gasteiger partial charge in [0.2, 0.25) is 0 Å². The molecule has 0 aliphatic carbocycles. The summed E-state index contributed by atoms with van der Waals surface area (Å²) >= 11 is 0. The number of ether oxygens (including phenoxy) is 3. The summed E-state index contributed by atoms with van der Waals surface area (Å²) in [6, 6.07) is 9.43. The highest BCUT2D eigenvalue weighted by molar-refractivity contribution is 5.87. The fraction of sp³-hybridized carbons (Fsp3) is 0.529. The third kappa shape index (κ3) is 4.15. The van der Waals surface area contributed by atoms with Crippen LogP contribution in [0.3, 0.4) is 0 Å². The molecular formula is C17H22O5. The molecule has 2 atom stereocenters. The lowest BCUT2D eigenvalue weighted by Gasteiger charge is -2.38. The van der Waals surface area contributed by atoms with Crippen LogP contribution in [0.5, 0.6) is 0 Å². The normalized spacial score (nSPS) is 22.1. The lowest BCUT2D eigenvalue weighted by atomic mass is 9.87. The van der Waals surface area contributed by atoms with Gasteiger partial charge in [-0.2, -0.15) is 0 Å². The minimum absolute atomic E-state index is 0.0101. The number of hydrogen-bond donors (Lipinski definition) is 0. The maximum absolute atomic E-state index is 12.2. The molecule has 0 N–H and O–H groups in total. The van der Waals surface area contributed by atoms with Crippen LogP contribution in [-0.2, 0) is 23.8 Å². The van der Waals surface area contributed by atoms with Crippen LogP contribution < -0.4 is 0 Å². The molecule has 0 amide bonds. The SMILES string of the molecule is CCOC(=O)C[C@H](c1ccccc1)[C@@H]1OC(C)(C)OCC1=O. The van der Waals surface area contributed by atoms with Gasteiger partial charge in [-0.3, -0.25) is 9.59 Å². The van der Waals surface area contributed by atoms with Crippen LogP contribution >= 0.6 is 0 Å². The van der Waals surface area contributed by atoms with Crippen molar-refractivity contribution in [2.24, 2.45) is 0 Å².